The molecule has 0 radical (unpaired) electrons. The maximum atomic E-state index is 13.6. The average Bonchev–Trinajstić information content (AvgIpc) is 2.68. The van der Waals surface area contributed by atoms with Gasteiger partial charge in [-0.15, -0.1) is 0 Å². The second-order valence-corrected chi connectivity index (χ2v) is 6.19. The van der Waals surface area contributed by atoms with E-state index in [1.807, 2.05) is 49.4 Å². The predicted molar refractivity (Wildman–Crippen MR) is 102 cm³/mol. The van der Waals surface area contributed by atoms with Crippen LogP contribution in [0.25, 0.3) is 0 Å². The van der Waals surface area contributed by atoms with Crippen LogP contribution in [0.5, 0.6) is 6.01 Å². The van der Waals surface area contributed by atoms with Gasteiger partial charge in [-0.1, -0.05) is 48.5 Å². The molecule has 0 amide bonds. The molecule has 0 saturated carbocycles. The molecular formula is C21H20F3N3O. The quantitative estimate of drug-likeness (QED) is 0.557. The van der Waals surface area contributed by atoms with E-state index in [-0.39, 0.29) is 18.4 Å². The summed E-state index contributed by atoms with van der Waals surface area (Å²) in [5.74, 6) is -0.220. The number of rotatable bonds is 6. The number of hydrogen-bond donors (Lipinski definition) is 0. The van der Waals surface area contributed by atoms with E-state index in [0.717, 1.165) is 17.3 Å². The molecule has 28 heavy (non-hydrogen) atoms. The molecule has 3 rings (SSSR count). The van der Waals surface area contributed by atoms with Crippen molar-refractivity contribution in [3.05, 3.63) is 77.5 Å². The van der Waals surface area contributed by atoms with Crippen LogP contribution in [0.15, 0.2) is 60.8 Å². The molecule has 0 unspecified atom stereocenters. The van der Waals surface area contributed by atoms with E-state index in [9.17, 15) is 13.2 Å². The van der Waals surface area contributed by atoms with Crippen LogP contribution in [0.2, 0.25) is 0 Å². The second-order valence-electron chi connectivity index (χ2n) is 6.19. The summed E-state index contributed by atoms with van der Waals surface area (Å²) in [5.41, 5.74) is 1.48. The number of aromatic nitrogens is 2. The van der Waals surface area contributed by atoms with Crippen LogP contribution in [-0.2, 0) is 12.8 Å². The lowest BCUT2D eigenvalue weighted by molar-refractivity contribution is -0.137. The number of para-hydroxylation sites is 1. The van der Waals surface area contributed by atoms with Crippen molar-refractivity contribution in [2.24, 2.45) is 0 Å². The zero-order valence-corrected chi connectivity index (χ0v) is 15.6. The van der Waals surface area contributed by atoms with E-state index in [0.29, 0.717) is 12.2 Å². The molecule has 1 aromatic heterocycles. The van der Waals surface area contributed by atoms with Crippen molar-refractivity contribution in [2.75, 3.05) is 11.4 Å². The summed E-state index contributed by atoms with van der Waals surface area (Å²) in [4.78, 5) is 9.41. The zero-order chi connectivity index (χ0) is 20.1. The smallest absolute Gasteiger partial charge is 0.421 e. The van der Waals surface area contributed by atoms with Gasteiger partial charge in [0.15, 0.2) is 5.82 Å². The molecule has 0 N–H and O–H groups in total. The van der Waals surface area contributed by atoms with Crippen LogP contribution in [0, 0.1) is 6.92 Å². The number of benzene rings is 2. The monoisotopic (exact) mass is 387 g/mol. The fourth-order valence-electron chi connectivity index (χ4n) is 2.86. The lowest BCUT2D eigenvalue weighted by Crippen LogP contribution is -2.23. The number of anilines is 2. The van der Waals surface area contributed by atoms with Gasteiger partial charge in [0, 0.05) is 18.4 Å². The first-order valence-electron chi connectivity index (χ1n) is 8.84. The molecule has 0 aliphatic carbocycles. The fourth-order valence-corrected chi connectivity index (χ4v) is 2.86. The van der Waals surface area contributed by atoms with Gasteiger partial charge < -0.3 is 9.64 Å². The SMILES string of the molecule is CCN(c1ccccc1C)c1nc(OCc2ccccc2)ncc1C(F)(F)F. The van der Waals surface area contributed by atoms with Gasteiger partial charge in [0.05, 0.1) is 0 Å². The topological polar surface area (TPSA) is 38.2 Å². The zero-order valence-electron chi connectivity index (χ0n) is 15.6. The summed E-state index contributed by atoms with van der Waals surface area (Å²) >= 11 is 0. The van der Waals surface area contributed by atoms with Crippen molar-refractivity contribution >= 4 is 11.5 Å². The van der Waals surface area contributed by atoms with Crippen LogP contribution < -0.4 is 9.64 Å². The third-order valence-corrected chi connectivity index (χ3v) is 4.24. The highest BCUT2D eigenvalue weighted by molar-refractivity contribution is 5.66. The van der Waals surface area contributed by atoms with Crippen LogP contribution in [0.3, 0.4) is 0 Å². The Bertz CT molecular complexity index is 930. The van der Waals surface area contributed by atoms with Gasteiger partial charge in [-0.05, 0) is 31.0 Å². The maximum Gasteiger partial charge on any atom is 0.421 e. The second kappa shape index (κ2) is 8.29. The Morgan fingerprint density at radius 1 is 1.00 bits per heavy atom. The Hall–Kier alpha value is -3.09. The van der Waals surface area contributed by atoms with Gasteiger partial charge in [-0.2, -0.15) is 18.2 Å². The van der Waals surface area contributed by atoms with Crippen LogP contribution in [-0.4, -0.2) is 16.5 Å². The normalized spacial score (nSPS) is 11.3. The fraction of sp³-hybridized carbons (Fsp3) is 0.238. The predicted octanol–water partition coefficient (Wildman–Crippen LogP) is 5.54. The Morgan fingerprint density at radius 3 is 2.32 bits per heavy atom. The molecule has 0 bridgehead atoms. The first-order valence-corrected chi connectivity index (χ1v) is 8.84. The first-order chi connectivity index (χ1) is 13.4. The van der Waals surface area contributed by atoms with Crippen molar-refractivity contribution in [3.63, 3.8) is 0 Å². The number of nitrogens with zero attached hydrogens (tertiary/aromatic N) is 3. The number of hydrogen-bond acceptors (Lipinski definition) is 4. The summed E-state index contributed by atoms with van der Waals surface area (Å²) in [6, 6.07) is 16.4. The average molecular weight is 387 g/mol. The number of alkyl halides is 3. The Balaban J connectivity index is 1.99. The lowest BCUT2D eigenvalue weighted by atomic mass is 10.1. The van der Waals surface area contributed by atoms with Crippen molar-refractivity contribution in [3.8, 4) is 6.01 Å². The van der Waals surface area contributed by atoms with E-state index in [1.54, 1.807) is 19.1 Å². The molecule has 0 fully saturated rings. The van der Waals surface area contributed by atoms with E-state index in [2.05, 4.69) is 9.97 Å². The molecule has 0 spiro atoms. The van der Waals surface area contributed by atoms with Gasteiger partial charge in [-0.25, -0.2) is 4.98 Å². The Morgan fingerprint density at radius 2 is 1.68 bits per heavy atom. The van der Waals surface area contributed by atoms with Crippen LogP contribution in [0.1, 0.15) is 23.6 Å². The molecule has 146 valence electrons. The summed E-state index contributed by atoms with van der Waals surface area (Å²) in [6.45, 7) is 4.10. The molecule has 7 heteroatoms. The highest BCUT2D eigenvalue weighted by atomic mass is 19.4. The van der Waals surface area contributed by atoms with Gasteiger partial charge in [0.25, 0.3) is 0 Å². The summed E-state index contributed by atoms with van der Waals surface area (Å²) in [5, 5.41) is 0. The number of ether oxygens (including phenoxy) is 1. The third kappa shape index (κ3) is 4.42. The van der Waals surface area contributed by atoms with Crippen LogP contribution >= 0.6 is 0 Å². The van der Waals surface area contributed by atoms with E-state index in [1.165, 1.54) is 4.90 Å². The molecule has 0 aliphatic heterocycles. The Kier molecular flexibility index (Phi) is 5.82. The highest BCUT2D eigenvalue weighted by Crippen LogP contribution is 2.39. The van der Waals surface area contributed by atoms with E-state index < -0.39 is 11.7 Å². The molecule has 1 heterocycles. The summed E-state index contributed by atoms with van der Waals surface area (Å²) in [7, 11) is 0. The summed E-state index contributed by atoms with van der Waals surface area (Å²) < 4.78 is 46.3. The minimum atomic E-state index is -4.58. The van der Waals surface area contributed by atoms with Crippen molar-refractivity contribution in [2.45, 2.75) is 26.6 Å². The summed E-state index contributed by atoms with van der Waals surface area (Å²) in [6.07, 6.45) is -3.80. The van der Waals surface area contributed by atoms with Crippen molar-refractivity contribution in [1.82, 2.24) is 9.97 Å². The van der Waals surface area contributed by atoms with E-state index >= 15 is 0 Å². The Labute approximate surface area is 161 Å². The minimum absolute atomic E-state index is 0.0983. The molecule has 0 aliphatic rings. The van der Waals surface area contributed by atoms with Gasteiger partial charge in [-0.3, -0.25) is 0 Å². The number of aryl methyl sites for hydroxylation is 1. The van der Waals surface area contributed by atoms with Gasteiger partial charge in [0.2, 0.25) is 0 Å². The molecule has 0 atom stereocenters. The molecule has 4 nitrogen and oxygen atoms in total. The third-order valence-electron chi connectivity index (χ3n) is 4.24. The largest absolute Gasteiger partial charge is 0.459 e. The first kappa shape index (κ1) is 19.7. The molecule has 3 aromatic rings. The standard InChI is InChI=1S/C21H20F3N3O/c1-3-27(18-12-8-7-9-15(18)2)19-17(21(22,23)24)13-25-20(26-19)28-14-16-10-5-4-6-11-16/h4-13H,3,14H2,1-2H3. The van der Waals surface area contributed by atoms with E-state index in [4.69, 9.17) is 4.74 Å². The minimum Gasteiger partial charge on any atom is -0.459 e. The molecule has 2 aromatic carbocycles. The van der Waals surface area contributed by atoms with Crippen molar-refractivity contribution < 1.29 is 17.9 Å². The van der Waals surface area contributed by atoms with Gasteiger partial charge in [0.1, 0.15) is 12.2 Å². The number of halogens is 3. The molecule has 0 saturated heterocycles. The molecular weight excluding hydrogens is 367 g/mol. The van der Waals surface area contributed by atoms with Gasteiger partial charge >= 0.3 is 12.2 Å². The lowest BCUT2D eigenvalue weighted by Gasteiger charge is -2.26. The maximum absolute atomic E-state index is 13.6. The van der Waals surface area contributed by atoms with Crippen molar-refractivity contribution in [1.29, 1.82) is 0 Å². The van der Waals surface area contributed by atoms with Crippen LogP contribution in [0.4, 0.5) is 24.7 Å². The highest BCUT2D eigenvalue weighted by Gasteiger charge is 2.37.